The van der Waals surface area contributed by atoms with Crippen LogP contribution in [0.2, 0.25) is 0 Å². The van der Waals surface area contributed by atoms with Gasteiger partial charge in [0.15, 0.2) is 11.6 Å². The average molecular weight is 427 g/mol. The smallest absolute Gasteiger partial charge is 0.369 e. The van der Waals surface area contributed by atoms with Crippen LogP contribution in [0.4, 0.5) is 5.82 Å². The molecule has 3 heterocycles. The first-order chi connectivity index (χ1) is 15.0. The molecule has 11 heteroatoms. The van der Waals surface area contributed by atoms with Gasteiger partial charge >= 0.3 is 17.9 Å². The summed E-state index contributed by atoms with van der Waals surface area (Å²) in [6.07, 6.45) is 6.36. The van der Waals surface area contributed by atoms with E-state index in [9.17, 15) is 14.4 Å². The van der Waals surface area contributed by atoms with Gasteiger partial charge in [0.05, 0.1) is 12.8 Å². The number of ether oxygens (including phenoxy) is 3. The zero-order valence-electron chi connectivity index (χ0n) is 16.9. The first kappa shape index (κ1) is 20.5. The molecule has 1 aliphatic heterocycles. The van der Waals surface area contributed by atoms with E-state index in [1.807, 2.05) is 0 Å². The zero-order chi connectivity index (χ0) is 21.8. The Bertz CT molecular complexity index is 1000. The number of hydrogen-bond acceptors (Lipinski definition) is 10. The molecule has 0 radical (unpaired) electrons. The number of carbonyl (C=O) groups excluding carboxylic acids is 3. The van der Waals surface area contributed by atoms with Crippen LogP contribution < -0.4 is 5.43 Å². The molecule has 1 saturated heterocycles. The van der Waals surface area contributed by atoms with Crippen molar-refractivity contribution < 1.29 is 28.6 Å². The predicted molar refractivity (Wildman–Crippen MR) is 106 cm³/mol. The fourth-order valence-electron chi connectivity index (χ4n) is 3.50. The highest BCUT2D eigenvalue weighted by Crippen LogP contribution is 2.35. The van der Waals surface area contributed by atoms with E-state index in [1.54, 1.807) is 31.3 Å². The molecule has 0 atom stereocenters. The second-order valence-electron chi connectivity index (χ2n) is 7.05. The van der Waals surface area contributed by atoms with Crippen molar-refractivity contribution in [1.82, 2.24) is 14.8 Å². The molecule has 1 N–H and O–H groups in total. The van der Waals surface area contributed by atoms with Gasteiger partial charge < -0.3 is 14.2 Å². The van der Waals surface area contributed by atoms with Crippen molar-refractivity contribution in [2.75, 3.05) is 12.0 Å². The average Bonchev–Trinajstić information content (AvgIpc) is 3.18. The molecule has 0 unspecified atom stereocenters. The molecule has 162 valence electrons. The molecule has 2 aliphatic rings. The van der Waals surface area contributed by atoms with E-state index in [2.05, 4.69) is 20.6 Å². The molecule has 1 spiro atoms. The number of anilines is 1. The van der Waals surface area contributed by atoms with Gasteiger partial charge in [-0.3, -0.25) is 5.43 Å². The molecule has 0 bridgehead atoms. The van der Waals surface area contributed by atoms with Crippen LogP contribution in [-0.2, 0) is 23.8 Å². The lowest BCUT2D eigenvalue weighted by Gasteiger charge is -2.38. The minimum Gasteiger partial charge on any atom is -0.462 e. The van der Waals surface area contributed by atoms with E-state index in [1.165, 1.54) is 10.9 Å². The highest BCUT2D eigenvalue weighted by atomic mass is 16.7. The summed E-state index contributed by atoms with van der Waals surface area (Å²) in [5.41, 5.74) is 2.07. The largest absolute Gasteiger partial charge is 0.462 e. The third-order valence-corrected chi connectivity index (χ3v) is 4.96. The summed E-state index contributed by atoms with van der Waals surface area (Å²) in [4.78, 5) is 41.5. The number of aromatic nitrogens is 3. The van der Waals surface area contributed by atoms with Crippen LogP contribution in [0.25, 0.3) is 5.82 Å². The molecule has 2 aromatic heterocycles. The minimum atomic E-state index is -1.21. The highest BCUT2D eigenvalue weighted by molar-refractivity contribution is 6.63. The van der Waals surface area contributed by atoms with E-state index in [-0.39, 0.29) is 18.0 Å². The Morgan fingerprint density at radius 2 is 1.97 bits per heavy atom. The number of hydrogen-bond donors (Lipinski definition) is 1. The first-order valence-electron chi connectivity index (χ1n) is 10.00. The Kier molecular flexibility index (Phi) is 5.65. The highest BCUT2D eigenvalue weighted by Gasteiger charge is 2.47. The van der Waals surface area contributed by atoms with Gasteiger partial charge in [-0.25, -0.2) is 19.4 Å². The third-order valence-electron chi connectivity index (χ3n) is 4.96. The lowest BCUT2D eigenvalue weighted by molar-refractivity contribution is -0.237. The number of rotatable bonds is 5. The molecular formula is C20H21N5O6. The van der Waals surface area contributed by atoms with Gasteiger partial charge in [0.1, 0.15) is 5.56 Å². The van der Waals surface area contributed by atoms with Crippen LogP contribution in [-0.4, -0.2) is 50.8 Å². The summed E-state index contributed by atoms with van der Waals surface area (Å²) in [7, 11) is 0. The van der Waals surface area contributed by atoms with Crippen molar-refractivity contribution in [3.05, 3.63) is 36.2 Å². The Morgan fingerprint density at radius 3 is 2.61 bits per heavy atom. The second kappa shape index (κ2) is 8.54. The number of esters is 3. The Balaban J connectivity index is 1.63. The molecule has 0 amide bonds. The monoisotopic (exact) mass is 427 g/mol. The van der Waals surface area contributed by atoms with Gasteiger partial charge in [-0.15, -0.1) is 0 Å². The number of nitrogens with one attached hydrogen (secondary N) is 1. The maximum absolute atomic E-state index is 12.5. The van der Waals surface area contributed by atoms with Crippen molar-refractivity contribution in [3.63, 3.8) is 0 Å². The maximum Gasteiger partial charge on any atom is 0.369 e. The number of hydrazone groups is 1. The molecule has 2 aromatic rings. The fourth-order valence-corrected chi connectivity index (χ4v) is 3.50. The number of nitrogens with zero attached hydrogens (tertiary/aromatic N) is 4. The summed E-state index contributed by atoms with van der Waals surface area (Å²) in [6, 6.07) is 5.13. The molecule has 0 aromatic carbocycles. The maximum atomic E-state index is 12.5. The van der Waals surface area contributed by atoms with Crippen LogP contribution in [0.5, 0.6) is 0 Å². The molecule has 4 rings (SSSR count). The first-order valence-corrected chi connectivity index (χ1v) is 10.00. The van der Waals surface area contributed by atoms with Crippen LogP contribution in [0, 0.1) is 0 Å². The van der Waals surface area contributed by atoms with Crippen LogP contribution in [0.3, 0.4) is 0 Å². The van der Waals surface area contributed by atoms with E-state index in [0.717, 1.165) is 19.3 Å². The summed E-state index contributed by atoms with van der Waals surface area (Å²) < 4.78 is 17.2. The normalized spacial score (nSPS) is 17.6. The van der Waals surface area contributed by atoms with Crippen LogP contribution in [0.1, 0.15) is 49.4 Å². The van der Waals surface area contributed by atoms with Crippen molar-refractivity contribution >= 4 is 29.4 Å². The summed E-state index contributed by atoms with van der Waals surface area (Å²) in [5, 5.41) is 8.03. The number of carbonyl (C=O) groups is 3. The van der Waals surface area contributed by atoms with E-state index in [4.69, 9.17) is 14.2 Å². The standard InChI is InChI=1S/C20H21N5O6/c1-2-29-17(26)13-12-22-25(14-8-4-7-11-21-14)16(13)24-23-15-18(27)30-20(31-19(15)28)9-5-3-6-10-20/h4,7-8,11-12,24H,2-3,5-6,9-10H2,1H3. The van der Waals surface area contributed by atoms with Gasteiger partial charge in [0.2, 0.25) is 0 Å². The molecular weight excluding hydrogens is 406 g/mol. The summed E-state index contributed by atoms with van der Waals surface area (Å²) in [5.74, 6) is -3.17. The fraction of sp³-hybridized carbons (Fsp3) is 0.400. The predicted octanol–water partition coefficient (Wildman–Crippen LogP) is 1.97. The molecule has 1 saturated carbocycles. The second-order valence-corrected chi connectivity index (χ2v) is 7.05. The third kappa shape index (κ3) is 4.11. The molecule has 1 aliphatic carbocycles. The van der Waals surface area contributed by atoms with Crippen LogP contribution >= 0.6 is 0 Å². The molecule has 31 heavy (non-hydrogen) atoms. The minimum absolute atomic E-state index is 0.0538. The lowest BCUT2D eigenvalue weighted by atomic mass is 9.93. The van der Waals surface area contributed by atoms with Gasteiger partial charge in [-0.2, -0.15) is 14.9 Å². The van der Waals surface area contributed by atoms with E-state index in [0.29, 0.717) is 18.7 Å². The van der Waals surface area contributed by atoms with Gasteiger partial charge in [0, 0.05) is 19.0 Å². The topological polar surface area (TPSA) is 134 Å². The Labute approximate surface area is 177 Å². The van der Waals surface area contributed by atoms with Gasteiger partial charge in [-0.05, 0) is 31.9 Å². The SMILES string of the molecule is CCOC(=O)c1cnn(-c2ccccn2)c1NN=C1C(=O)OC2(CCCCC2)OC1=O. The van der Waals surface area contributed by atoms with E-state index >= 15 is 0 Å². The Morgan fingerprint density at radius 1 is 1.23 bits per heavy atom. The van der Waals surface area contributed by atoms with Crippen molar-refractivity contribution in [2.45, 2.75) is 44.8 Å². The van der Waals surface area contributed by atoms with E-state index < -0.39 is 29.4 Å². The quantitative estimate of drug-likeness (QED) is 0.561. The van der Waals surface area contributed by atoms with Gasteiger partial charge in [0.25, 0.3) is 11.5 Å². The van der Waals surface area contributed by atoms with Crippen LogP contribution in [0.15, 0.2) is 35.7 Å². The Hall–Kier alpha value is -3.76. The summed E-state index contributed by atoms with van der Waals surface area (Å²) >= 11 is 0. The molecule has 11 nitrogen and oxygen atoms in total. The van der Waals surface area contributed by atoms with Crippen molar-refractivity contribution in [2.24, 2.45) is 5.10 Å². The zero-order valence-corrected chi connectivity index (χ0v) is 16.9. The molecule has 2 fully saturated rings. The van der Waals surface area contributed by atoms with Gasteiger partial charge in [-0.1, -0.05) is 12.5 Å². The van der Waals surface area contributed by atoms with Crippen molar-refractivity contribution in [1.29, 1.82) is 0 Å². The van der Waals surface area contributed by atoms with Crippen molar-refractivity contribution in [3.8, 4) is 5.82 Å². The lowest BCUT2D eigenvalue weighted by Crippen LogP contribution is -2.51. The number of pyridine rings is 1. The summed E-state index contributed by atoms with van der Waals surface area (Å²) in [6.45, 7) is 1.83.